The van der Waals surface area contributed by atoms with Gasteiger partial charge in [0.15, 0.2) is 0 Å². The SMILES string of the molecule is O=c1[nH]c(=O)[nH]c(=O)[nH]1.[Mg+2].[OH-].[OH-]. The van der Waals surface area contributed by atoms with Gasteiger partial charge in [-0.25, -0.2) is 14.4 Å². The molecule has 0 unspecified atom stereocenters. The Morgan fingerprint density at radius 1 is 0.667 bits per heavy atom. The zero-order valence-corrected chi connectivity index (χ0v) is 7.24. The minimum atomic E-state index is -0.802. The van der Waals surface area contributed by atoms with E-state index in [0.29, 0.717) is 0 Å². The first-order chi connectivity index (χ1) is 4.18. The maximum absolute atomic E-state index is 10.2. The fourth-order valence-electron chi connectivity index (χ4n) is 0.403. The molecule has 0 atom stereocenters. The van der Waals surface area contributed by atoms with Gasteiger partial charge in [-0.2, -0.15) is 0 Å². The van der Waals surface area contributed by atoms with Crippen molar-refractivity contribution in [1.82, 2.24) is 15.0 Å². The van der Waals surface area contributed by atoms with Crippen molar-refractivity contribution in [3.63, 3.8) is 0 Å². The molecule has 0 amide bonds. The van der Waals surface area contributed by atoms with E-state index < -0.39 is 17.1 Å². The molecule has 0 spiro atoms. The number of nitrogens with one attached hydrogen (secondary N) is 3. The number of hydrogen-bond donors (Lipinski definition) is 3. The normalized spacial score (nSPS) is 7.00. The maximum Gasteiger partial charge on any atom is 2.00 e. The molecule has 0 aliphatic carbocycles. The Kier molecular flexibility index (Phi) is 9.76. The fraction of sp³-hybridized carbons (Fsp3) is 0. The van der Waals surface area contributed by atoms with Crippen LogP contribution in [0.3, 0.4) is 0 Å². The summed E-state index contributed by atoms with van der Waals surface area (Å²) >= 11 is 0. The van der Waals surface area contributed by atoms with Gasteiger partial charge in [-0.15, -0.1) is 0 Å². The van der Waals surface area contributed by atoms with Crippen LogP contribution in [0.15, 0.2) is 14.4 Å². The van der Waals surface area contributed by atoms with E-state index in [1.54, 1.807) is 15.0 Å². The van der Waals surface area contributed by atoms with E-state index in [2.05, 4.69) is 0 Å². The summed E-state index contributed by atoms with van der Waals surface area (Å²) in [5, 5.41) is 0. The molecule has 1 aromatic heterocycles. The van der Waals surface area contributed by atoms with Gasteiger partial charge in [0.05, 0.1) is 0 Å². The van der Waals surface area contributed by atoms with E-state index in [9.17, 15) is 14.4 Å². The quantitative estimate of drug-likeness (QED) is 0.369. The first-order valence-electron chi connectivity index (χ1n) is 2.11. The molecule has 0 fully saturated rings. The van der Waals surface area contributed by atoms with E-state index in [-0.39, 0.29) is 34.0 Å². The van der Waals surface area contributed by atoms with Crippen molar-refractivity contribution in [2.45, 2.75) is 0 Å². The van der Waals surface area contributed by atoms with Gasteiger partial charge in [-0.3, -0.25) is 15.0 Å². The van der Waals surface area contributed by atoms with E-state index in [1.807, 2.05) is 0 Å². The summed E-state index contributed by atoms with van der Waals surface area (Å²) in [5.74, 6) is 0. The van der Waals surface area contributed by atoms with Gasteiger partial charge >= 0.3 is 40.1 Å². The predicted octanol–water partition coefficient (Wildman–Crippen LogP) is -2.98. The third-order valence-corrected chi connectivity index (χ3v) is 0.681. The van der Waals surface area contributed by atoms with Crippen molar-refractivity contribution in [3.8, 4) is 0 Å². The summed E-state index contributed by atoms with van der Waals surface area (Å²) in [6.07, 6.45) is 0. The van der Waals surface area contributed by atoms with Crippen LogP contribution in [0.25, 0.3) is 0 Å². The first-order valence-corrected chi connectivity index (χ1v) is 2.11. The maximum atomic E-state index is 10.2. The van der Waals surface area contributed by atoms with Crippen LogP contribution in [-0.2, 0) is 0 Å². The van der Waals surface area contributed by atoms with Gasteiger partial charge < -0.3 is 11.0 Å². The van der Waals surface area contributed by atoms with Crippen LogP contribution in [0.1, 0.15) is 0 Å². The van der Waals surface area contributed by atoms with Crippen LogP contribution in [0.2, 0.25) is 0 Å². The Hall–Kier alpha value is -0.904. The molecule has 12 heavy (non-hydrogen) atoms. The molecule has 0 bridgehead atoms. The van der Waals surface area contributed by atoms with Gasteiger partial charge in [0.2, 0.25) is 0 Å². The predicted molar refractivity (Wildman–Crippen MR) is 37.9 cm³/mol. The minimum Gasteiger partial charge on any atom is -0.870 e. The second-order valence-corrected chi connectivity index (χ2v) is 1.36. The average Bonchev–Trinajstić information content (AvgIpc) is 1.59. The monoisotopic (exact) mass is 187 g/mol. The van der Waals surface area contributed by atoms with Crippen LogP contribution in [0.4, 0.5) is 0 Å². The Morgan fingerprint density at radius 2 is 0.833 bits per heavy atom. The van der Waals surface area contributed by atoms with Crippen molar-refractivity contribution in [2.24, 2.45) is 0 Å². The summed E-state index contributed by atoms with van der Waals surface area (Å²) < 4.78 is 0. The van der Waals surface area contributed by atoms with Gasteiger partial charge in [0.1, 0.15) is 0 Å². The molecule has 0 aromatic carbocycles. The molecule has 1 rings (SSSR count). The molecule has 0 saturated carbocycles. The van der Waals surface area contributed by atoms with Crippen molar-refractivity contribution in [2.75, 3.05) is 0 Å². The number of aromatic nitrogens is 3. The first kappa shape index (κ1) is 17.3. The summed E-state index contributed by atoms with van der Waals surface area (Å²) in [5.41, 5.74) is -2.41. The second kappa shape index (κ2) is 6.78. The summed E-state index contributed by atoms with van der Waals surface area (Å²) in [6, 6.07) is 0. The van der Waals surface area contributed by atoms with Crippen molar-refractivity contribution in [3.05, 3.63) is 31.5 Å². The molecule has 1 heterocycles. The number of aromatic amines is 3. The zero-order valence-electron chi connectivity index (χ0n) is 5.83. The van der Waals surface area contributed by atoms with E-state index in [4.69, 9.17) is 0 Å². The van der Waals surface area contributed by atoms with Crippen molar-refractivity contribution in [1.29, 1.82) is 0 Å². The van der Waals surface area contributed by atoms with Crippen LogP contribution in [0, 0.1) is 0 Å². The Bertz CT molecular complexity index is 284. The van der Waals surface area contributed by atoms with Gasteiger partial charge in [-0.05, 0) is 0 Å². The third kappa shape index (κ3) is 4.84. The number of hydrogen-bond acceptors (Lipinski definition) is 5. The molecule has 0 saturated heterocycles. The average molecular weight is 187 g/mol. The summed E-state index contributed by atoms with van der Waals surface area (Å²) in [6.45, 7) is 0. The smallest absolute Gasteiger partial charge is 0.870 e. The molecule has 0 aliphatic heterocycles. The van der Waals surface area contributed by atoms with E-state index in [1.165, 1.54) is 0 Å². The van der Waals surface area contributed by atoms with Crippen LogP contribution < -0.4 is 17.1 Å². The van der Waals surface area contributed by atoms with Gasteiger partial charge in [0, 0.05) is 0 Å². The van der Waals surface area contributed by atoms with Crippen LogP contribution in [-0.4, -0.2) is 49.0 Å². The summed E-state index contributed by atoms with van der Waals surface area (Å²) in [4.78, 5) is 35.9. The second-order valence-electron chi connectivity index (χ2n) is 1.36. The third-order valence-electron chi connectivity index (χ3n) is 0.681. The summed E-state index contributed by atoms with van der Waals surface area (Å²) in [7, 11) is 0. The molecule has 8 nitrogen and oxygen atoms in total. The van der Waals surface area contributed by atoms with Crippen LogP contribution in [0.5, 0.6) is 0 Å². The largest absolute Gasteiger partial charge is 2.00 e. The molecule has 0 radical (unpaired) electrons. The fourth-order valence-corrected chi connectivity index (χ4v) is 0.403. The van der Waals surface area contributed by atoms with Gasteiger partial charge in [-0.1, -0.05) is 0 Å². The number of H-pyrrole nitrogens is 3. The van der Waals surface area contributed by atoms with Crippen molar-refractivity contribution >= 4 is 23.1 Å². The van der Waals surface area contributed by atoms with Crippen LogP contribution >= 0.6 is 0 Å². The topological polar surface area (TPSA) is 159 Å². The van der Waals surface area contributed by atoms with Crippen molar-refractivity contribution < 1.29 is 11.0 Å². The van der Waals surface area contributed by atoms with E-state index >= 15 is 0 Å². The van der Waals surface area contributed by atoms with Gasteiger partial charge in [0.25, 0.3) is 0 Å². The Morgan fingerprint density at radius 3 is 1.00 bits per heavy atom. The molecular formula is C3H5MgN3O5. The standard InChI is InChI=1S/C3H3N3O3.Mg.2H2O/c7-1-4-2(8)6-3(9)5-1;;;/h(H3,4,5,6,7,8,9);;2*1H2/q;+2;;/p-2. The molecule has 5 N–H and O–H groups in total. The Balaban J connectivity index is -0.000000270. The molecular weight excluding hydrogens is 182 g/mol. The molecule has 0 aliphatic rings. The minimum absolute atomic E-state index is 0. The zero-order chi connectivity index (χ0) is 6.85. The molecule has 1 aromatic rings. The Labute approximate surface area is 80.8 Å². The molecule has 9 heteroatoms. The van der Waals surface area contributed by atoms with E-state index in [0.717, 1.165) is 0 Å². The number of rotatable bonds is 0. The molecule has 64 valence electrons.